The normalized spacial score (nSPS) is 17.3. The minimum Gasteiger partial charge on any atom is -0.457 e. The topological polar surface area (TPSA) is 65.1 Å². The second-order valence-corrected chi connectivity index (χ2v) is 11.5. The zero-order chi connectivity index (χ0) is 28.8. The van der Waals surface area contributed by atoms with Gasteiger partial charge in [0.05, 0.1) is 24.8 Å². The molecule has 5 rings (SSSR count). The Kier molecular flexibility index (Phi) is 8.70. The molecule has 1 aliphatic rings. The standard InChI is InChI=1S/C35H37NO5/c1-35(2,3)41-34(38)36-19-18-31(32(22-36)39-23-26-16-17-27-11-7-8-14-29(27)20-26)30-15-9-10-25(21-30)24-40-33(37)28-12-5-4-6-13-28/h4-17,20-21,31-32H,18-19,22-24H2,1-3H3. The average Bonchev–Trinajstić information content (AvgIpc) is 2.98. The van der Waals surface area contributed by atoms with Crippen molar-refractivity contribution >= 4 is 22.8 Å². The van der Waals surface area contributed by atoms with Gasteiger partial charge in [-0.2, -0.15) is 0 Å². The fourth-order valence-electron chi connectivity index (χ4n) is 5.21. The molecule has 2 atom stereocenters. The second-order valence-electron chi connectivity index (χ2n) is 11.5. The fraction of sp³-hybridized carbons (Fsp3) is 0.314. The van der Waals surface area contributed by atoms with Gasteiger partial charge < -0.3 is 19.1 Å². The van der Waals surface area contributed by atoms with Crippen molar-refractivity contribution in [3.8, 4) is 0 Å². The maximum atomic E-state index is 12.9. The van der Waals surface area contributed by atoms with Crippen LogP contribution in [0, 0.1) is 0 Å². The van der Waals surface area contributed by atoms with Crippen molar-refractivity contribution < 1.29 is 23.8 Å². The smallest absolute Gasteiger partial charge is 0.410 e. The van der Waals surface area contributed by atoms with Crippen LogP contribution in [0.3, 0.4) is 0 Å². The van der Waals surface area contributed by atoms with E-state index in [9.17, 15) is 9.59 Å². The number of carbonyl (C=O) groups is 2. The highest BCUT2D eigenvalue weighted by Crippen LogP contribution is 2.33. The van der Waals surface area contributed by atoms with Crippen molar-refractivity contribution in [2.45, 2.75) is 58.0 Å². The molecule has 1 amide bonds. The summed E-state index contributed by atoms with van der Waals surface area (Å²) >= 11 is 0. The van der Waals surface area contributed by atoms with Crippen molar-refractivity contribution in [3.63, 3.8) is 0 Å². The zero-order valence-corrected chi connectivity index (χ0v) is 23.9. The number of ether oxygens (including phenoxy) is 3. The Bertz CT molecular complexity index is 1490. The fourth-order valence-corrected chi connectivity index (χ4v) is 5.21. The third kappa shape index (κ3) is 7.53. The van der Waals surface area contributed by atoms with E-state index in [0.29, 0.717) is 25.3 Å². The largest absolute Gasteiger partial charge is 0.457 e. The van der Waals surface area contributed by atoms with Crippen LogP contribution < -0.4 is 0 Å². The van der Waals surface area contributed by atoms with Gasteiger partial charge in [-0.15, -0.1) is 0 Å². The van der Waals surface area contributed by atoms with E-state index in [1.54, 1.807) is 17.0 Å². The van der Waals surface area contributed by atoms with Crippen LogP contribution in [0.2, 0.25) is 0 Å². The lowest BCUT2D eigenvalue weighted by molar-refractivity contribution is -0.0359. The van der Waals surface area contributed by atoms with Crippen LogP contribution in [0.5, 0.6) is 0 Å². The number of nitrogens with zero attached hydrogens (tertiary/aromatic N) is 1. The van der Waals surface area contributed by atoms with Crippen molar-refractivity contribution in [3.05, 3.63) is 119 Å². The summed E-state index contributed by atoms with van der Waals surface area (Å²) in [5, 5.41) is 2.36. The molecule has 41 heavy (non-hydrogen) atoms. The molecule has 0 spiro atoms. The van der Waals surface area contributed by atoms with E-state index in [4.69, 9.17) is 14.2 Å². The van der Waals surface area contributed by atoms with Crippen molar-refractivity contribution in [1.29, 1.82) is 0 Å². The van der Waals surface area contributed by atoms with Gasteiger partial charge in [0.25, 0.3) is 0 Å². The van der Waals surface area contributed by atoms with Gasteiger partial charge >= 0.3 is 12.1 Å². The van der Waals surface area contributed by atoms with Gasteiger partial charge in [0.15, 0.2) is 0 Å². The van der Waals surface area contributed by atoms with E-state index < -0.39 is 5.60 Å². The number of fused-ring (bicyclic) bond motifs is 1. The van der Waals surface area contributed by atoms with E-state index in [-0.39, 0.29) is 30.7 Å². The highest BCUT2D eigenvalue weighted by Gasteiger charge is 2.35. The predicted molar refractivity (Wildman–Crippen MR) is 160 cm³/mol. The van der Waals surface area contributed by atoms with Gasteiger partial charge in [0, 0.05) is 12.5 Å². The Morgan fingerprint density at radius 3 is 2.32 bits per heavy atom. The lowest BCUT2D eigenvalue weighted by Gasteiger charge is -2.39. The van der Waals surface area contributed by atoms with Gasteiger partial charge in [-0.25, -0.2) is 9.59 Å². The molecule has 6 heteroatoms. The van der Waals surface area contributed by atoms with E-state index in [1.165, 1.54) is 10.8 Å². The van der Waals surface area contributed by atoms with E-state index >= 15 is 0 Å². The molecule has 1 saturated heterocycles. The summed E-state index contributed by atoms with van der Waals surface area (Å²) in [6.07, 6.45) is 0.177. The van der Waals surface area contributed by atoms with E-state index in [0.717, 1.165) is 23.1 Å². The molecular weight excluding hydrogens is 514 g/mol. The minimum absolute atomic E-state index is 0.0684. The summed E-state index contributed by atoms with van der Waals surface area (Å²) in [5.74, 6) is -0.280. The number of hydrogen-bond acceptors (Lipinski definition) is 5. The molecule has 1 heterocycles. The molecule has 0 radical (unpaired) electrons. The molecule has 0 N–H and O–H groups in total. The molecule has 1 aliphatic heterocycles. The highest BCUT2D eigenvalue weighted by atomic mass is 16.6. The summed E-state index contributed by atoms with van der Waals surface area (Å²) in [4.78, 5) is 27.2. The maximum absolute atomic E-state index is 12.9. The first-order valence-corrected chi connectivity index (χ1v) is 14.1. The van der Waals surface area contributed by atoms with Gasteiger partial charge in [0.1, 0.15) is 12.2 Å². The average molecular weight is 552 g/mol. The number of rotatable bonds is 7. The van der Waals surface area contributed by atoms with Gasteiger partial charge in [-0.1, -0.05) is 78.9 Å². The van der Waals surface area contributed by atoms with Gasteiger partial charge in [-0.3, -0.25) is 0 Å². The molecule has 212 valence electrons. The third-order valence-corrected chi connectivity index (χ3v) is 7.25. The monoisotopic (exact) mass is 551 g/mol. The van der Waals surface area contributed by atoms with Crippen LogP contribution in [0.15, 0.2) is 97.1 Å². The highest BCUT2D eigenvalue weighted by molar-refractivity contribution is 5.89. The summed E-state index contributed by atoms with van der Waals surface area (Å²) in [7, 11) is 0. The predicted octanol–water partition coefficient (Wildman–Crippen LogP) is 7.51. The second kappa shape index (κ2) is 12.6. The first kappa shape index (κ1) is 28.4. The van der Waals surface area contributed by atoms with Crippen molar-refractivity contribution in [2.24, 2.45) is 0 Å². The molecule has 0 saturated carbocycles. The van der Waals surface area contributed by atoms with Crippen LogP contribution >= 0.6 is 0 Å². The lowest BCUT2D eigenvalue weighted by atomic mass is 9.86. The van der Waals surface area contributed by atoms with Crippen molar-refractivity contribution in [1.82, 2.24) is 4.90 Å². The zero-order valence-electron chi connectivity index (χ0n) is 23.9. The van der Waals surface area contributed by atoms with Gasteiger partial charge in [0.2, 0.25) is 0 Å². The number of piperidine rings is 1. The lowest BCUT2D eigenvalue weighted by Crippen LogP contribution is -2.48. The van der Waals surface area contributed by atoms with Crippen LogP contribution in [-0.2, 0) is 27.4 Å². The Morgan fingerprint density at radius 1 is 0.805 bits per heavy atom. The molecule has 0 aliphatic carbocycles. The number of hydrogen-bond donors (Lipinski definition) is 0. The summed E-state index contributed by atoms with van der Waals surface area (Å²) in [6.45, 7) is 7.25. The summed E-state index contributed by atoms with van der Waals surface area (Å²) < 4.78 is 17.8. The third-order valence-electron chi connectivity index (χ3n) is 7.25. The molecule has 2 unspecified atom stereocenters. The van der Waals surface area contributed by atoms with Gasteiger partial charge in [-0.05, 0) is 72.9 Å². The minimum atomic E-state index is -0.569. The van der Waals surface area contributed by atoms with Crippen LogP contribution in [-0.4, -0.2) is 41.8 Å². The number of benzene rings is 4. The van der Waals surface area contributed by atoms with Crippen LogP contribution in [0.25, 0.3) is 10.8 Å². The van der Waals surface area contributed by atoms with Crippen LogP contribution in [0.4, 0.5) is 4.79 Å². The Hall–Kier alpha value is -4.16. The molecule has 4 aromatic rings. The first-order valence-electron chi connectivity index (χ1n) is 14.1. The van der Waals surface area contributed by atoms with E-state index in [2.05, 4.69) is 42.5 Å². The Labute approximate surface area is 241 Å². The van der Waals surface area contributed by atoms with E-state index in [1.807, 2.05) is 63.2 Å². The molecule has 6 nitrogen and oxygen atoms in total. The quantitative estimate of drug-likeness (QED) is 0.223. The molecule has 0 aromatic heterocycles. The molecule has 0 bridgehead atoms. The van der Waals surface area contributed by atoms with Crippen LogP contribution in [0.1, 0.15) is 60.2 Å². The number of amides is 1. The number of carbonyl (C=O) groups excluding carboxylic acids is 2. The Balaban J connectivity index is 1.32. The maximum Gasteiger partial charge on any atom is 0.410 e. The summed E-state index contributed by atoms with van der Waals surface area (Å²) in [5.41, 5.74) is 3.06. The number of esters is 1. The first-order chi connectivity index (χ1) is 19.7. The summed E-state index contributed by atoms with van der Waals surface area (Å²) in [6, 6.07) is 31.7. The van der Waals surface area contributed by atoms with Crippen molar-refractivity contribution in [2.75, 3.05) is 13.1 Å². The number of likely N-dealkylation sites (tertiary alicyclic amines) is 1. The molecule has 1 fully saturated rings. The SMILES string of the molecule is CC(C)(C)OC(=O)N1CCC(c2cccc(COC(=O)c3ccccc3)c2)C(OCc2ccc3ccccc3c2)C1. The Morgan fingerprint density at radius 2 is 1.54 bits per heavy atom. The molecular formula is C35H37NO5. The molecule has 4 aromatic carbocycles.